The van der Waals surface area contributed by atoms with Crippen LogP contribution >= 0.6 is 22.9 Å². The van der Waals surface area contributed by atoms with Gasteiger partial charge < -0.3 is 4.90 Å². The Balaban J connectivity index is 1.72. The van der Waals surface area contributed by atoms with Crippen LogP contribution < -0.4 is 0 Å². The van der Waals surface area contributed by atoms with E-state index in [0.29, 0.717) is 9.98 Å². The van der Waals surface area contributed by atoms with Crippen molar-refractivity contribution in [1.29, 1.82) is 0 Å². The van der Waals surface area contributed by atoms with E-state index in [1.165, 1.54) is 15.9 Å². The molecule has 1 aliphatic heterocycles. The summed E-state index contributed by atoms with van der Waals surface area (Å²) in [6.07, 6.45) is 3.21. The van der Waals surface area contributed by atoms with Crippen LogP contribution in [-0.4, -0.2) is 43.2 Å². The van der Waals surface area contributed by atoms with Crippen LogP contribution in [0.1, 0.15) is 36.8 Å². The zero-order valence-corrected chi connectivity index (χ0v) is 14.7. The highest BCUT2D eigenvalue weighted by Crippen LogP contribution is 2.31. The van der Waals surface area contributed by atoms with Gasteiger partial charge >= 0.3 is 0 Å². The molecule has 0 unspecified atom stereocenters. The number of nitrogens with zero attached hydrogens (tertiary/aromatic N) is 5. The molecule has 1 fully saturated rings. The number of benzene rings is 1. The van der Waals surface area contributed by atoms with Gasteiger partial charge in [-0.2, -0.15) is 9.61 Å². The maximum atomic E-state index is 12.8. The fourth-order valence-electron chi connectivity index (χ4n) is 3.02. The van der Waals surface area contributed by atoms with E-state index < -0.39 is 0 Å². The Bertz CT molecular complexity index is 905. The van der Waals surface area contributed by atoms with Crippen molar-refractivity contribution < 1.29 is 4.79 Å². The van der Waals surface area contributed by atoms with Crippen molar-refractivity contribution in [2.75, 3.05) is 6.54 Å². The molecule has 3 aromatic rings. The first-order valence-corrected chi connectivity index (χ1v) is 9.12. The van der Waals surface area contributed by atoms with Gasteiger partial charge in [0.2, 0.25) is 10.8 Å². The van der Waals surface area contributed by atoms with Crippen molar-refractivity contribution in [3.8, 4) is 10.6 Å². The van der Waals surface area contributed by atoms with Crippen LogP contribution in [0.4, 0.5) is 0 Å². The van der Waals surface area contributed by atoms with Gasteiger partial charge in [0.05, 0.1) is 5.02 Å². The number of amides is 1. The Morgan fingerprint density at radius 1 is 1.29 bits per heavy atom. The van der Waals surface area contributed by atoms with Crippen LogP contribution in [0.2, 0.25) is 5.02 Å². The Hall–Kier alpha value is -1.99. The third kappa shape index (κ3) is 2.57. The van der Waals surface area contributed by atoms with E-state index >= 15 is 0 Å². The molecule has 0 spiro atoms. The molecular weight excluding hydrogens is 346 g/mol. The number of hydrogen-bond acceptors (Lipinski definition) is 5. The van der Waals surface area contributed by atoms with Crippen molar-refractivity contribution in [1.82, 2.24) is 24.7 Å². The van der Waals surface area contributed by atoms with Crippen LogP contribution in [0, 0.1) is 0 Å². The number of carbonyl (C=O) groups is 1. The van der Waals surface area contributed by atoms with Gasteiger partial charge in [-0.1, -0.05) is 41.1 Å². The molecule has 1 atom stereocenters. The van der Waals surface area contributed by atoms with E-state index in [1.807, 2.05) is 29.2 Å². The second-order valence-electron chi connectivity index (χ2n) is 5.95. The third-order valence-corrected chi connectivity index (χ3v) is 5.61. The molecule has 6 nitrogen and oxygen atoms in total. The quantitative estimate of drug-likeness (QED) is 0.700. The van der Waals surface area contributed by atoms with E-state index in [1.54, 1.807) is 0 Å². The minimum Gasteiger partial charge on any atom is -0.333 e. The van der Waals surface area contributed by atoms with Crippen LogP contribution in [0.3, 0.4) is 0 Å². The third-order valence-electron chi connectivity index (χ3n) is 4.35. The molecule has 3 heterocycles. The highest BCUT2D eigenvalue weighted by Gasteiger charge is 2.29. The summed E-state index contributed by atoms with van der Waals surface area (Å²) in [5, 5.41) is 14.0. The van der Waals surface area contributed by atoms with Gasteiger partial charge in [0, 0.05) is 18.2 Å². The first-order chi connectivity index (χ1) is 11.6. The minimum absolute atomic E-state index is 0.106. The number of piperidine rings is 1. The molecule has 8 heteroatoms. The van der Waals surface area contributed by atoms with Crippen molar-refractivity contribution in [2.24, 2.45) is 0 Å². The number of aromatic nitrogens is 4. The summed E-state index contributed by atoms with van der Waals surface area (Å²) >= 11 is 7.62. The standard InChI is InChI=1S/C16H16ClN5OS/c1-10-6-4-5-9-21(10)15(23)13-18-19-16-22(13)20-14(24-16)11-7-2-3-8-12(11)17/h2-3,7-8,10H,4-6,9H2,1H3/t10-/m0/s1. The fraction of sp³-hybridized carbons (Fsp3) is 0.375. The molecule has 4 rings (SSSR count). The Kier molecular flexibility index (Phi) is 3.97. The first kappa shape index (κ1) is 15.5. The van der Waals surface area contributed by atoms with E-state index in [4.69, 9.17) is 11.6 Å². The summed E-state index contributed by atoms with van der Waals surface area (Å²) in [6.45, 7) is 2.84. The molecule has 0 aliphatic carbocycles. The van der Waals surface area contributed by atoms with Gasteiger partial charge in [-0.05, 0) is 32.3 Å². The Morgan fingerprint density at radius 2 is 2.12 bits per heavy atom. The molecule has 24 heavy (non-hydrogen) atoms. The lowest BCUT2D eigenvalue weighted by Crippen LogP contribution is -2.42. The van der Waals surface area contributed by atoms with Crippen LogP contribution in [0.5, 0.6) is 0 Å². The molecule has 1 aliphatic rings. The summed E-state index contributed by atoms with van der Waals surface area (Å²) in [5.41, 5.74) is 0.833. The lowest BCUT2D eigenvalue weighted by molar-refractivity contribution is 0.0620. The van der Waals surface area contributed by atoms with Gasteiger partial charge in [-0.15, -0.1) is 10.2 Å². The largest absolute Gasteiger partial charge is 0.333 e. The number of rotatable bonds is 2. The number of likely N-dealkylation sites (tertiary alicyclic amines) is 1. The smallest absolute Gasteiger partial charge is 0.293 e. The van der Waals surface area contributed by atoms with Crippen LogP contribution in [-0.2, 0) is 0 Å². The van der Waals surface area contributed by atoms with Crippen molar-refractivity contribution in [3.63, 3.8) is 0 Å². The van der Waals surface area contributed by atoms with Crippen molar-refractivity contribution >= 4 is 33.8 Å². The molecule has 2 aromatic heterocycles. The van der Waals surface area contributed by atoms with Gasteiger partial charge in [-0.3, -0.25) is 4.79 Å². The van der Waals surface area contributed by atoms with E-state index in [-0.39, 0.29) is 17.8 Å². The molecule has 1 aromatic carbocycles. The lowest BCUT2D eigenvalue weighted by Gasteiger charge is -2.32. The number of fused-ring (bicyclic) bond motifs is 1. The summed E-state index contributed by atoms with van der Waals surface area (Å²) in [6, 6.07) is 7.73. The highest BCUT2D eigenvalue weighted by molar-refractivity contribution is 7.19. The summed E-state index contributed by atoms with van der Waals surface area (Å²) in [5.74, 6) is 0.166. The molecule has 1 amide bonds. The normalized spacial score (nSPS) is 18.2. The van der Waals surface area contributed by atoms with Crippen molar-refractivity contribution in [2.45, 2.75) is 32.2 Å². The Labute approximate surface area is 148 Å². The molecule has 0 saturated carbocycles. The van der Waals surface area contributed by atoms with Gasteiger partial charge in [0.1, 0.15) is 5.01 Å². The zero-order valence-electron chi connectivity index (χ0n) is 13.1. The first-order valence-electron chi connectivity index (χ1n) is 7.93. The predicted octanol–water partition coefficient (Wildman–Crippen LogP) is 3.52. The zero-order chi connectivity index (χ0) is 16.7. The predicted molar refractivity (Wildman–Crippen MR) is 93.5 cm³/mol. The lowest BCUT2D eigenvalue weighted by atomic mass is 10.0. The summed E-state index contributed by atoms with van der Waals surface area (Å²) in [4.78, 5) is 15.3. The second kappa shape index (κ2) is 6.14. The van der Waals surface area contributed by atoms with Crippen LogP contribution in [0.25, 0.3) is 15.5 Å². The second-order valence-corrected chi connectivity index (χ2v) is 7.31. The monoisotopic (exact) mass is 361 g/mol. The Morgan fingerprint density at radius 3 is 2.92 bits per heavy atom. The number of hydrogen-bond donors (Lipinski definition) is 0. The van der Waals surface area contributed by atoms with Gasteiger partial charge in [0.25, 0.3) is 5.91 Å². The summed E-state index contributed by atoms with van der Waals surface area (Å²) < 4.78 is 1.53. The maximum absolute atomic E-state index is 12.8. The molecule has 0 bridgehead atoms. The molecule has 0 radical (unpaired) electrons. The average Bonchev–Trinajstić information content (AvgIpc) is 3.15. The molecule has 0 N–H and O–H groups in total. The van der Waals surface area contributed by atoms with E-state index in [2.05, 4.69) is 22.2 Å². The van der Waals surface area contributed by atoms with Gasteiger partial charge in [-0.25, -0.2) is 0 Å². The number of carbonyl (C=O) groups excluding carboxylic acids is 1. The molecular formula is C16H16ClN5OS. The van der Waals surface area contributed by atoms with Crippen molar-refractivity contribution in [3.05, 3.63) is 35.1 Å². The number of halogens is 1. The molecule has 124 valence electrons. The van der Waals surface area contributed by atoms with Crippen LogP contribution in [0.15, 0.2) is 24.3 Å². The van der Waals surface area contributed by atoms with Gasteiger partial charge in [0.15, 0.2) is 0 Å². The topological polar surface area (TPSA) is 63.4 Å². The SMILES string of the molecule is C[C@H]1CCCCN1C(=O)c1nnc2sc(-c3ccccc3Cl)nn12. The maximum Gasteiger partial charge on any atom is 0.293 e. The highest BCUT2D eigenvalue weighted by atomic mass is 35.5. The minimum atomic E-state index is -0.106. The fourth-order valence-corrected chi connectivity index (χ4v) is 4.18. The molecule has 1 saturated heterocycles. The summed E-state index contributed by atoms with van der Waals surface area (Å²) in [7, 11) is 0. The average molecular weight is 362 g/mol. The van der Waals surface area contributed by atoms with E-state index in [9.17, 15) is 4.79 Å². The van der Waals surface area contributed by atoms with E-state index in [0.717, 1.165) is 36.4 Å².